The van der Waals surface area contributed by atoms with Crippen molar-refractivity contribution in [2.75, 3.05) is 26.1 Å². The van der Waals surface area contributed by atoms with Crippen LogP contribution in [0.25, 0.3) is 0 Å². The lowest BCUT2D eigenvalue weighted by atomic mass is 10.1. The summed E-state index contributed by atoms with van der Waals surface area (Å²) in [6, 6.07) is 7.40. The van der Waals surface area contributed by atoms with Crippen LogP contribution in [0.1, 0.15) is 39.2 Å². The van der Waals surface area contributed by atoms with Gasteiger partial charge < -0.3 is 19.7 Å². The number of nitrogens with zero attached hydrogens (tertiary/aromatic N) is 1. The predicted octanol–water partition coefficient (Wildman–Crippen LogP) is 3.54. The van der Waals surface area contributed by atoms with Gasteiger partial charge in [-0.25, -0.2) is 4.79 Å². The molecule has 160 valence electrons. The van der Waals surface area contributed by atoms with Crippen molar-refractivity contribution in [3.8, 4) is 5.75 Å². The Morgan fingerprint density at radius 2 is 1.83 bits per heavy atom. The monoisotopic (exact) mass is 430 g/mol. The summed E-state index contributed by atoms with van der Waals surface area (Å²) in [5, 5.41) is 3.33. The van der Waals surface area contributed by atoms with E-state index in [1.165, 1.54) is 16.2 Å². The Morgan fingerprint density at radius 3 is 2.43 bits per heavy atom. The molecule has 2 amide bonds. The van der Waals surface area contributed by atoms with Gasteiger partial charge in [0.2, 0.25) is 5.91 Å². The highest BCUT2D eigenvalue weighted by Crippen LogP contribution is 2.36. The molecule has 1 aromatic carbocycles. The predicted molar refractivity (Wildman–Crippen MR) is 115 cm³/mol. The van der Waals surface area contributed by atoms with E-state index in [0.717, 1.165) is 34.6 Å². The van der Waals surface area contributed by atoms with Crippen LogP contribution in [0.2, 0.25) is 0 Å². The maximum atomic E-state index is 12.7. The summed E-state index contributed by atoms with van der Waals surface area (Å²) in [5.74, 6) is -0.209. The minimum atomic E-state index is -0.603. The number of amides is 2. The third-order valence-corrected chi connectivity index (χ3v) is 6.23. The second-order valence-corrected chi connectivity index (χ2v) is 8.65. The van der Waals surface area contributed by atoms with Crippen LogP contribution >= 0.6 is 11.3 Å². The number of benzene rings is 1. The van der Waals surface area contributed by atoms with Crippen LogP contribution < -0.4 is 10.1 Å². The van der Waals surface area contributed by atoms with E-state index in [2.05, 4.69) is 5.32 Å². The molecule has 1 fully saturated rings. The Morgan fingerprint density at radius 1 is 1.17 bits per heavy atom. The van der Waals surface area contributed by atoms with E-state index in [1.54, 1.807) is 14.2 Å². The minimum absolute atomic E-state index is 0.0322. The van der Waals surface area contributed by atoms with Gasteiger partial charge in [-0.05, 0) is 49.9 Å². The number of hydrogen-bond acceptors (Lipinski definition) is 6. The molecule has 2 aromatic rings. The molecule has 0 radical (unpaired) electrons. The van der Waals surface area contributed by atoms with Crippen molar-refractivity contribution < 1.29 is 23.9 Å². The van der Waals surface area contributed by atoms with Crippen molar-refractivity contribution in [3.05, 3.63) is 45.8 Å². The van der Waals surface area contributed by atoms with Crippen LogP contribution in [0.4, 0.5) is 5.00 Å². The number of carbonyl (C=O) groups is 3. The molecule has 1 aliphatic rings. The standard InChI is InChI=1S/C22H26N2O5S/c1-13-14(2)30-21(23-20(26)16-7-8-16)19(13)22(27)29-12-18(25)24(3)11-15-5-9-17(28-4)10-6-15/h5-6,9-10,16H,7-8,11-12H2,1-4H3,(H,23,26). The first-order valence-electron chi connectivity index (χ1n) is 9.75. The number of likely N-dealkylation sites (N-methyl/N-ethyl adjacent to an activating group) is 1. The van der Waals surface area contributed by atoms with Crippen LogP contribution in [0, 0.1) is 19.8 Å². The van der Waals surface area contributed by atoms with Crippen molar-refractivity contribution in [2.24, 2.45) is 5.92 Å². The molecular formula is C22H26N2O5S. The van der Waals surface area contributed by atoms with Gasteiger partial charge in [0.15, 0.2) is 6.61 Å². The fraction of sp³-hybridized carbons (Fsp3) is 0.409. The van der Waals surface area contributed by atoms with E-state index >= 15 is 0 Å². The van der Waals surface area contributed by atoms with E-state index in [0.29, 0.717) is 17.1 Å². The number of methoxy groups -OCH3 is 1. The lowest BCUT2D eigenvalue weighted by Crippen LogP contribution is -2.31. The van der Waals surface area contributed by atoms with Crippen LogP contribution in [-0.2, 0) is 20.9 Å². The molecule has 1 aliphatic carbocycles. The Balaban J connectivity index is 1.58. The zero-order valence-electron chi connectivity index (χ0n) is 17.6. The number of aryl methyl sites for hydroxylation is 1. The van der Waals surface area contributed by atoms with Crippen LogP contribution in [0.5, 0.6) is 5.75 Å². The molecule has 0 unspecified atom stereocenters. The summed E-state index contributed by atoms with van der Waals surface area (Å²) in [7, 11) is 3.25. The van der Waals surface area contributed by atoms with Crippen LogP contribution in [0.3, 0.4) is 0 Å². The van der Waals surface area contributed by atoms with Crippen molar-refractivity contribution >= 4 is 34.1 Å². The molecule has 1 aromatic heterocycles. The topological polar surface area (TPSA) is 84.9 Å². The van der Waals surface area contributed by atoms with Gasteiger partial charge in [-0.2, -0.15) is 0 Å². The smallest absolute Gasteiger partial charge is 0.341 e. The average molecular weight is 431 g/mol. The molecule has 0 bridgehead atoms. The summed E-state index contributed by atoms with van der Waals surface area (Å²) in [5.41, 5.74) is 2.03. The van der Waals surface area contributed by atoms with Gasteiger partial charge in [0.25, 0.3) is 5.91 Å². The number of rotatable bonds is 8. The molecule has 1 N–H and O–H groups in total. The Bertz CT molecular complexity index is 947. The molecule has 7 nitrogen and oxygen atoms in total. The largest absolute Gasteiger partial charge is 0.497 e. The Hall–Kier alpha value is -2.87. The Labute approximate surface area is 180 Å². The third-order valence-electron chi connectivity index (χ3n) is 5.11. The minimum Gasteiger partial charge on any atom is -0.497 e. The van der Waals surface area contributed by atoms with Gasteiger partial charge in [-0.1, -0.05) is 12.1 Å². The first-order valence-corrected chi connectivity index (χ1v) is 10.6. The second-order valence-electron chi connectivity index (χ2n) is 7.42. The van der Waals surface area contributed by atoms with Crippen molar-refractivity contribution in [1.29, 1.82) is 0 Å². The fourth-order valence-corrected chi connectivity index (χ4v) is 3.97. The molecule has 1 saturated carbocycles. The van der Waals surface area contributed by atoms with Gasteiger partial charge in [0.05, 0.1) is 12.7 Å². The zero-order valence-corrected chi connectivity index (χ0v) is 18.4. The highest BCUT2D eigenvalue weighted by Gasteiger charge is 2.32. The highest BCUT2D eigenvalue weighted by atomic mass is 32.1. The van der Waals surface area contributed by atoms with E-state index in [9.17, 15) is 14.4 Å². The van der Waals surface area contributed by atoms with Crippen LogP contribution in [0.15, 0.2) is 24.3 Å². The van der Waals surface area contributed by atoms with Crippen molar-refractivity contribution in [3.63, 3.8) is 0 Å². The number of hydrogen-bond donors (Lipinski definition) is 1. The SMILES string of the molecule is COc1ccc(CN(C)C(=O)COC(=O)c2c(NC(=O)C3CC3)sc(C)c2C)cc1. The Kier molecular flexibility index (Phi) is 6.77. The third kappa shape index (κ3) is 5.18. The molecule has 0 saturated heterocycles. The summed E-state index contributed by atoms with van der Waals surface area (Å²) in [6.45, 7) is 3.72. The average Bonchev–Trinajstić information content (AvgIpc) is 3.54. The quantitative estimate of drug-likeness (QED) is 0.648. The summed E-state index contributed by atoms with van der Waals surface area (Å²) in [6.07, 6.45) is 1.76. The van der Waals surface area contributed by atoms with Gasteiger partial charge in [0, 0.05) is 24.4 Å². The zero-order chi connectivity index (χ0) is 21.8. The number of anilines is 1. The molecule has 3 rings (SSSR count). The lowest BCUT2D eigenvalue weighted by Gasteiger charge is -2.17. The maximum Gasteiger partial charge on any atom is 0.341 e. The maximum absolute atomic E-state index is 12.7. The molecule has 0 aliphatic heterocycles. The molecule has 30 heavy (non-hydrogen) atoms. The van der Waals surface area contributed by atoms with E-state index in [1.807, 2.05) is 38.1 Å². The van der Waals surface area contributed by atoms with Crippen molar-refractivity contribution in [2.45, 2.75) is 33.2 Å². The summed E-state index contributed by atoms with van der Waals surface area (Å²) >= 11 is 1.35. The van der Waals surface area contributed by atoms with Crippen molar-refractivity contribution in [1.82, 2.24) is 4.90 Å². The van der Waals surface area contributed by atoms with E-state index in [-0.39, 0.29) is 24.3 Å². The summed E-state index contributed by atoms with van der Waals surface area (Å²) in [4.78, 5) is 39.6. The van der Waals surface area contributed by atoms with E-state index in [4.69, 9.17) is 9.47 Å². The molecule has 1 heterocycles. The molecule has 0 spiro atoms. The highest BCUT2D eigenvalue weighted by molar-refractivity contribution is 7.16. The number of nitrogens with one attached hydrogen (secondary N) is 1. The van der Waals surface area contributed by atoms with Gasteiger partial charge in [0.1, 0.15) is 10.8 Å². The summed E-state index contributed by atoms with van der Waals surface area (Å²) < 4.78 is 10.4. The molecule has 0 atom stereocenters. The van der Waals surface area contributed by atoms with Gasteiger partial charge in [-0.3, -0.25) is 9.59 Å². The lowest BCUT2D eigenvalue weighted by molar-refractivity contribution is -0.133. The number of thiophene rings is 1. The second kappa shape index (κ2) is 9.30. The van der Waals surface area contributed by atoms with Crippen LogP contribution in [-0.4, -0.2) is 43.4 Å². The van der Waals surface area contributed by atoms with E-state index < -0.39 is 5.97 Å². The first kappa shape index (κ1) is 21.8. The normalized spacial score (nSPS) is 12.9. The number of ether oxygens (including phenoxy) is 2. The fourth-order valence-electron chi connectivity index (χ4n) is 2.92. The van der Waals surface area contributed by atoms with Gasteiger partial charge >= 0.3 is 5.97 Å². The first-order chi connectivity index (χ1) is 14.3. The number of carbonyl (C=O) groups excluding carboxylic acids is 3. The van der Waals surface area contributed by atoms with Gasteiger partial charge in [-0.15, -0.1) is 11.3 Å². The number of esters is 1. The molecular weight excluding hydrogens is 404 g/mol. The molecule has 8 heteroatoms.